The fourth-order valence-electron chi connectivity index (χ4n) is 1.37. The minimum absolute atomic E-state index is 0.0871. The van der Waals surface area contributed by atoms with Crippen LogP contribution in [0.25, 0.3) is 11.5 Å². The molecule has 0 aliphatic carbocycles. The van der Waals surface area contributed by atoms with E-state index in [9.17, 15) is 0 Å². The number of nitrogens with one attached hydrogen (secondary N) is 1. The first kappa shape index (κ1) is 9.67. The highest BCUT2D eigenvalue weighted by Crippen LogP contribution is 2.19. The van der Waals surface area contributed by atoms with E-state index in [-0.39, 0.29) is 6.01 Å². The van der Waals surface area contributed by atoms with E-state index in [1.165, 1.54) is 0 Å². The number of nitrogen functional groups attached to an aromatic ring is 1. The number of aromatic nitrogens is 2. The average molecular weight is 204 g/mol. The Kier molecular flexibility index (Phi) is 2.64. The van der Waals surface area contributed by atoms with E-state index in [0.717, 1.165) is 17.7 Å². The third kappa shape index (κ3) is 2.13. The SMILES string of the molecule is CNCc1cccc(-c2nnc(N)o2)c1. The largest absolute Gasteiger partial charge is 0.404 e. The fourth-order valence-corrected chi connectivity index (χ4v) is 1.37. The van der Waals surface area contributed by atoms with Gasteiger partial charge in [-0.3, -0.25) is 0 Å². The Balaban J connectivity index is 2.32. The molecule has 3 N–H and O–H groups in total. The zero-order valence-corrected chi connectivity index (χ0v) is 8.40. The topological polar surface area (TPSA) is 77.0 Å². The van der Waals surface area contributed by atoms with Crippen LogP contribution in [0, 0.1) is 0 Å². The van der Waals surface area contributed by atoms with Crippen LogP contribution in [0.2, 0.25) is 0 Å². The third-order valence-corrected chi connectivity index (χ3v) is 2.00. The van der Waals surface area contributed by atoms with Gasteiger partial charge in [-0.05, 0) is 24.7 Å². The second-order valence-electron chi connectivity index (χ2n) is 3.18. The van der Waals surface area contributed by atoms with Gasteiger partial charge < -0.3 is 15.5 Å². The number of nitrogens with two attached hydrogens (primary N) is 1. The molecule has 0 atom stereocenters. The molecule has 0 spiro atoms. The van der Waals surface area contributed by atoms with Crippen LogP contribution in [0.1, 0.15) is 5.56 Å². The molecule has 0 aliphatic heterocycles. The predicted molar refractivity (Wildman–Crippen MR) is 56.9 cm³/mol. The van der Waals surface area contributed by atoms with E-state index in [0.29, 0.717) is 5.89 Å². The van der Waals surface area contributed by atoms with E-state index >= 15 is 0 Å². The van der Waals surface area contributed by atoms with Crippen LogP contribution in [0.5, 0.6) is 0 Å². The lowest BCUT2D eigenvalue weighted by atomic mass is 10.1. The molecular formula is C10H12N4O. The molecular weight excluding hydrogens is 192 g/mol. The molecule has 2 aromatic rings. The molecule has 0 bridgehead atoms. The molecule has 5 heteroatoms. The predicted octanol–water partition coefficient (Wildman–Crippen LogP) is 1.04. The standard InChI is InChI=1S/C10H12N4O/c1-12-6-7-3-2-4-8(5-7)9-13-14-10(11)15-9/h2-5,12H,6H2,1H3,(H2,11,14). The van der Waals surface area contributed by atoms with Crippen LogP contribution in [-0.4, -0.2) is 17.2 Å². The number of benzene rings is 1. The smallest absolute Gasteiger partial charge is 0.313 e. The molecule has 0 unspecified atom stereocenters. The summed E-state index contributed by atoms with van der Waals surface area (Å²) >= 11 is 0. The van der Waals surface area contributed by atoms with Crippen LogP contribution in [0.4, 0.5) is 6.01 Å². The van der Waals surface area contributed by atoms with E-state index in [2.05, 4.69) is 15.5 Å². The molecule has 0 radical (unpaired) electrons. The summed E-state index contributed by atoms with van der Waals surface area (Å²) in [6.45, 7) is 0.803. The van der Waals surface area contributed by atoms with Crippen LogP contribution < -0.4 is 11.1 Å². The average Bonchev–Trinajstić information content (AvgIpc) is 2.66. The second kappa shape index (κ2) is 4.10. The van der Waals surface area contributed by atoms with Crippen molar-refractivity contribution in [2.75, 3.05) is 12.8 Å². The molecule has 0 amide bonds. The van der Waals surface area contributed by atoms with Crippen molar-refractivity contribution in [3.63, 3.8) is 0 Å². The van der Waals surface area contributed by atoms with Gasteiger partial charge in [0.1, 0.15) is 0 Å². The maximum atomic E-state index is 5.36. The summed E-state index contributed by atoms with van der Waals surface area (Å²) in [5.74, 6) is 0.449. The Hall–Kier alpha value is -1.88. The lowest BCUT2D eigenvalue weighted by Gasteiger charge is -2.00. The van der Waals surface area contributed by atoms with Crippen molar-refractivity contribution in [3.8, 4) is 11.5 Å². The summed E-state index contributed by atoms with van der Waals surface area (Å²) in [4.78, 5) is 0. The third-order valence-electron chi connectivity index (χ3n) is 2.00. The minimum atomic E-state index is 0.0871. The van der Waals surface area contributed by atoms with Gasteiger partial charge in [-0.2, -0.15) is 0 Å². The summed E-state index contributed by atoms with van der Waals surface area (Å²) in [6, 6.07) is 7.96. The number of anilines is 1. The van der Waals surface area contributed by atoms with Gasteiger partial charge in [0.2, 0.25) is 5.89 Å². The van der Waals surface area contributed by atoms with E-state index < -0.39 is 0 Å². The zero-order chi connectivity index (χ0) is 10.7. The molecule has 1 aromatic carbocycles. The van der Waals surface area contributed by atoms with Crippen molar-refractivity contribution in [2.24, 2.45) is 0 Å². The monoisotopic (exact) mass is 204 g/mol. The lowest BCUT2D eigenvalue weighted by molar-refractivity contribution is 0.590. The van der Waals surface area contributed by atoms with E-state index in [1.54, 1.807) is 0 Å². The van der Waals surface area contributed by atoms with Gasteiger partial charge in [0.25, 0.3) is 0 Å². The Morgan fingerprint density at radius 2 is 2.27 bits per heavy atom. The highest BCUT2D eigenvalue weighted by atomic mass is 16.4. The number of nitrogens with zero attached hydrogens (tertiary/aromatic N) is 2. The second-order valence-corrected chi connectivity index (χ2v) is 3.18. The first-order valence-corrected chi connectivity index (χ1v) is 4.62. The molecule has 5 nitrogen and oxygen atoms in total. The first-order valence-electron chi connectivity index (χ1n) is 4.62. The molecule has 15 heavy (non-hydrogen) atoms. The van der Waals surface area contributed by atoms with E-state index in [4.69, 9.17) is 10.2 Å². The van der Waals surface area contributed by atoms with Crippen molar-refractivity contribution in [1.82, 2.24) is 15.5 Å². The quantitative estimate of drug-likeness (QED) is 0.781. The Morgan fingerprint density at radius 1 is 1.40 bits per heavy atom. The molecule has 0 aliphatic rings. The van der Waals surface area contributed by atoms with Crippen LogP contribution in [0.15, 0.2) is 28.7 Å². The Labute approximate surface area is 87.3 Å². The minimum Gasteiger partial charge on any atom is -0.404 e. The van der Waals surface area contributed by atoms with Crippen molar-refractivity contribution >= 4 is 6.01 Å². The summed E-state index contributed by atoms with van der Waals surface area (Å²) in [7, 11) is 1.90. The van der Waals surface area contributed by atoms with Crippen molar-refractivity contribution in [1.29, 1.82) is 0 Å². The summed E-state index contributed by atoms with van der Waals surface area (Å²) in [6.07, 6.45) is 0. The van der Waals surface area contributed by atoms with Gasteiger partial charge in [0, 0.05) is 12.1 Å². The Morgan fingerprint density at radius 3 is 2.93 bits per heavy atom. The molecule has 0 saturated heterocycles. The highest BCUT2D eigenvalue weighted by Gasteiger charge is 2.06. The summed E-state index contributed by atoms with van der Waals surface area (Å²) in [5, 5.41) is 10.5. The van der Waals surface area contributed by atoms with Crippen molar-refractivity contribution < 1.29 is 4.42 Å². The normalized spacial score (nSPS) is 10.5. The summed E-state index contributed by atoms with van der Waals surface area (Å²) in [5.41, 5.74) is 7.40. The molecule has 2 rings (SSSR count). The van der Waals surface area contributed by atoms with Crippen LogP contribution in [0.3, 0.4) is 0 Å². The summed E-state index contributed by atoms with van der Waals surface area (Å²) < 4.78 is 5.14. The van der Waals surface area contributed by atoms with Crippen LogP contribution in [-0.2, 0) is 6.54 Å². The maximum absolute atomic E-state index is 5.36. The molecule has 1 aromatic heterocycles. The van der Waals surface area contributed by atoms with Crippen molar-refractivity contribution in [2.45, 2.75) is 6.54 Å². The first-order chi connectivity index (χ1) is 7.29. The number of rotatable bonds is 3. The number of hydrogen-bond acceptors (Lipinski definition) is 5. The fraction of sp³-hybridized carbons (Fsp3) is 0.200. The van der Waals surface area contributed by atoms with Crippen molar-refractivity contribution in [3.05, 3.63) is 29.8 Å². The maximum Gasteiger partial charge on any atom is 0.313 e. The van der Waals surface area contributed by atoms with Crippen LogP contribution >= 0.6 is 0 Å². The lowest BCUT2D eigenvalue weighted by Crippen LogP contribution is -2.04. The molecule has 78 valence electrons. The van der Waals surface area contributed by atoms with Gasteiger partial charge in [0.15, 0.2) is 0 Å². The van der Waals surface area contributed by atoms with Gasteiger partial charge in [0.05, 0.1) is 0 Å². The van der Waals surface area contributed by atoms with Gasteiger partial charge in [-0.1, -0.05) is 17.2 Å². The zero-order valence-electron chi connectivity index (χ0n) is 8.40. The molecule has 1 heterocycles. The molecule has 0 saturated carbocycles. The Bertz CT molecular complexity index is 452. The van der Waals surface area contributed by atoms with E-state index in [1.807, 2.05) is 31.3 Å². The highest BCUT2D eigenvalue weighted by molar-refractivity contribution is 5.54. The van der Waals surface area contributed by atoms with Gasteiger partial charge in [-0.25, -0.2) is 0 Å². The van der Waals surface area contributed by atoms with Gasteiger partial charge >= 0.3 is 6.01 Å². The molecule has 0 fully saturated rings. The van der Waals surface area contributed by atoms with Gasteiger partial charge in [-0.15, -0.1) is 5.10 Å². The number of hydrogen-bond donors (Lipinski definition) is 2.